The molecule has 1 amide bonds. The second-order valence-corrected chi connectivity index (χ2v) is 7.25. The van der Waals surface area contributed by atoms with E-state index < -0.39 is 18.2 Å². The zero-order chi connectivity index (χ0) is 19.0. The van der Waals surface area contributed by atoms with E-state index in [-0.39, 0.29) is 23.9 Å². The van der Waals surface area contributed by atoms with Gasteiger partial charge in [-0.2, -0.15) is 0 Å². The number of fused-ring (bicyclic) bond motifs is 1. The molecular weight excluding hydrogens is 340 g/mol. The molecule has 2 unspecified atom stereocenters. The average Bonchev–Trinajstić information content (AvgIpc) is 3.09. The molecular formula is C18H26N2O6. The fourth-order valence-corrected chi connectivity index (χ4v) is 4.25. The van der Waals surface area contributed by atoms with Crippen LogP contribution in [0.5, 0.6) is 0 Å². The Bertz CT molecular complexity index is 656. The van der Waals surface area contributed by atoms with Crippen molar-refractivity contribution in [3.8, 4) is 0 Å². The Hall–Kier alpha value is -1.90. The normalized spacial score (nSPS) is 32.5. The van der Waals surface area contributed by atoms with E-state index in [1.54, 1.807) is 14.0 Å². The number of carbonyl (C=O) groups excluding carboxylic acids is 1. The van der Waals surface area contributed by atoms with Crippen molar-refractivity contribution in [1.29, 1.82) is 0 Å². The van der Waals surface area contributed by atoms with Gasteiger partial charge in [0.1, 0.15) is 0 Å². The number of ether oxygens (including phenoxy) is 2. The SMILES string of the molecule is COCC1CCC(C=C(C)C2=C(OC(=O)O)N3C(=O)[C@H]([C@@H](C)O)[C@H]3C2)N1. The third kappa shape index (κ3) is 3.36. The van der Waals surface area contributed by atoms with Crippen molar-refractivity contribution in [3.05, 3.63) is 23.1 Å². The first kappa shape index (κ1) is 18.9. The number of hydrogen-bond acceptors (Lipinski definition) is 6. The Morgan fingerprint density at radius 2 is 2.19 bits per heavy atom. The van der Waals surface area contributed by atoms with Crippen LogP contribution in [0, 0.1) is 5.92 Å². The largest absolute Gasteiger partial charge is 0.512 e. The minimum atomic E-state index is -1.45. The molecule has 8 nitrogen and oxygen atoms in total. The number of methoxy groups -OCH3 is 1. The van der Waals surface area contributed by atoms with Crippen LogP contribution in [0.3, 0.4) is 0 Å². The molecule has 0 aromatic carbocycles. The third-order valence-electron chi connectivity index (χ3n) is 5.43. The molecule has 3 rings (SSSR count). The highest BCUT2D eigenvalue weighted by atomic mass is 16.7. The molecule has 26 heavy (non-hydrogen) atoms. The van der Waals surface area contributed by atoms with Gasteiger partial charge in [-0.3, -0.25) is 9.69 Å². The van der Waals surface area contributed by atoms with Crippen LogP contribution in [0.4, 0.5) is 4.79 Å². The summed E-state index contributed by atoms with van der Waals surface area (Å²) in [7, 11) is 1.68. The van der Waals surface area contributed by atoms with E-state index in [0.717, 1.165) is 18.4 Å². The predicted octanol–water partition coefficient (Wildman–Crippen LogP) is 1.22. The van der Waals surface area contributed by atoms with Crippen LogP contribution in [0.2, 0.25) is 0 Å². The van der Waals surface area contributed by atoms with Crippen LogP contribution in [0.15, 0.2) is 23.1 Å². The molecule has 2 fully saturated rings. The van der Waals surface area contributed by atoms with Gasteiger partial charge >= 0.3 is 6.16 Å². The van der Waals surface area contributed by atoms with E-state index in [1.165, 1.54) is 4.90 Å². The monoisotopic (exact) mass is 366 g/mol. The molecule has 0 radical (unpaired) electrons. The molecule has 3 aliphatic rings. The smallest absolute Gasteiger partial charge is 0.449 e. The summed E-state index contributed by atoms with van der Waals surface area (Å²) in [5.74, 6) is -0.712. The van der Waals surface area contributed by atoms with Gasteiger partial charge in [0.05, 0.1) is 24.7 Å². The van der Waals surface area contributed by atoms with Crippen LogP contribution in [0.25, 0.3) is 0 Å². The molecule has 0 saturated carbocycles. The Morgan fingerprint density at radius 3 is 2.81 bits per heavy atom. The highest BCUT2D eigenvalue weighted by Crippen LogP contribution is 2.46. The van der Waals surface area contributed by atoms with Gasteiger partial charge in [-0.1, -0.05) is 6.08 Å². The molecule has 0 spiro atoms. The maximum absolute atomic E-state index is 12.3. The van der Waals surface area contributed by atoms with Gasteiger partial charge in [0.2, 0.25) is 11.8 Å². The quantitative estimate of drug-likeness (QED) is 0.479. The summed E-state index contributed by atoms with van der Waals surface area (Å²) in [6, 6.07) is 0.237. The lowest BCUT2D eigenvalue weighted by Crippen LogP contribution is -2.61. The van der Waals surface area contributed by atoms with E-state index in [2.05, 4.69) is 11.4 Å². The summed E-state index contributed by atoms with van der Waals surface area (Å²) < 4.78 is 10.1. The van der Waals surface area contributed by atoms with Crippen molar-refractivity contribution < 1.29 is 29.3 Å². The number of carboxylic acid groups (broad SMARTS) is 1. The van der Waals surface area contributed by atoms with Crippen molar-refractivity contribution >= 4 is 12.1 Å². The zero-order valence-electron chi connectivity index (χ0n) is 15.3. The second kappa shape index (κ2) is 7.38. The molecule has 2 saturated heterocycles. The first-order valence-electron chi connectivity index (χ1n) is 8.92. The lowest BCUT2D eigenvalue weighted by Gasteiger charge is -2.44. The van der Waals surface area contributed by atoms with E-state index in [0.29, 0.717) is 24.6 Å². The van der Waals surface area contributed by atoms with Crippen molar-refractivity contribution in [2.45, 2.75) is 57.3 Å². The molecule has 3 heterocycles. The lowest BCUT2D eigenvalue weighted by molar-refractivity contribution is -0.160. The predicted molar refractivity (Wildman–Crippen MR) is 92.1 cm³/mol. The number of allylic oxidation sites excluding steroid dienone is 1. The van der Waals surface area contributed by atoms with E-state index in [9.17, 15) is 14.7 Å². The van der Waals surface area contributed by atoms with Crippen molar-refractivity contribution in [2.75, 3.05) is 13.7 Å². The second-order valence-electron chi connectivity index (χ2n) is 7.25. The van der Waals surface area contributed by atoms with Crippen LogP contribution >= 0.6 is 0 Å². The van der Waals surface area contributed by atoms with Gasteiger partial charge < -0.3 is 25.0 Å². The Kier molecular flexibility index (Phi) is 5.36. The number of aliphatic hydroxyl groups excluding tert-OH is 1. The lowest BCUT2D eigenvalue weighted by atomic mass is 9.82. The molecule has 0 aromatic rings. The molecule has 3 N–H and O–H groups in total. The van der Waals surface area contributed by atoms with Gasteiger partial charge in [0.25, 0.3) is 0 Å². The number of hydrogen-bond donors (Lipinski definition) is 3. The van der Waals surface area contributed by atoms with Crippen LogP contribution < -0.4 is 5.32 Å². The summed E-state index contributed by atoms with van der Waals surface area (Å²) in [6.07, 6.45) is 2.31. The fraction of sp³-hybridized carbons (Fsp3) is 0.667. The van der Waals surface area contributed by atoms with Crippen molar-refractivity contribution in [3.63, 3.8) is 0 Å². The summed E-state index contributed by atoms with van der Waals surface area (Å²) in [5.41, 5.74) is 1.61. The highest BCUT2D eigenvalue weighted by Gasteiger charge is 2.56. The number of nitrogens with one attached hydrogen (secondary N) is 1. The minimum absolute atomic E-state index is 0.0876. The van der Waals surface area contributed by atoms with E-state index in [1.807, 2.05) is 6.92 Å². The summed E-state index contributed by atoms with van der Waals surface area (Å²) >= 11 is 0. The maximum Gasteiger partial charge on any atom is 0.512 e. The van der Waals surface area contributed by atoms with Crippen molar-refractivity contribution in [1.82, 2.24) is 10.2 Å². The maximum atomic E-state index is 12.3. The molecule has 8 heteroatoms. The van der Waals surface area contributed by atoms with Gasteiger partial charge in [0, 0.05) is 24.8 Å². The number of nitrogens with zero attached hydrogens (tertiary/aromatic N) is 1. The molecule has 0 aromatic heterocycles. The molecule has 144 valence electrons. The molecule has 3 aliphatic heterocycles. The highest BCUT2D eigenvalue weighted by molar-refractivity contribution is 5.90. The molecule has 0 bridgehead atoms. The third-order valence-corrected chi connectivity index (χ3v) is 5.43. The minimum Gasteiger partial charge on any atom is -0.449 e. The zero-order valence-corrected chi connectivity index (χ0v) is 15.3. The van der Waals surface area contributed by atoms with E-state index in [4.69, 9.17) is 14.6 Å². The van der Waals surface area contributed by atoms with E-state index >= 15 is 0 Å². The fourth-order valence-electron chi connectivity index (χ4n) is 4.25. The van der Waals surface area contributed by atoms with Crippen LogP contribution in [-0.2, 0) is 14.3 Å². The summed E-state index contributed by atoms with van der Waals surface area (Å²) in [5, 5.41) is 22.4. The number of aliphatic hydroxyl groups is 1. The summed E-state index contributed by atoms with van der Waals surface area (Å²) in [6.45, 7) is 4.14. The molecule has 5 atom stereocenters. The number of β-lactam (4-membered cyclic amide) rings is 1. The Morgan fingerprint density at radius 1 is 1.46 bits per heavy atom. The topological polar surface area (TPSA) is 108 Å². The van der Waals surface area contributed by atoms with Crippen LogP contribution in [0.1, 0.15) is 33.1 Å². The first-order chi connectivity index (χ1) is 12.3. The molecule has 0 aliphatic carbocycles. The van der Waals surface area contributed by atoms with Gasteiger partial charge in [0.15, 0.2) is 0 Å². The number of carbonyl (C=O) groups is 2. The standard InChI is InChI=1S/C18H26N2O6/c1-9(6-11-4-5-12(19-11)8-25-3)13-7-14-15(10(2)21)16(22)20(14)17(13)26-18(23)24/h6,10-12,14-15,19,21H,4-5,7-8H2,1-3H3,(H,23,24)/t10-,11?,12?,14-,15-/m1/s1. The van der Waals surface area contributed by atoms with Gasteiger partial charge in [-0.25, -0.2) is 4.79 Å². The van der Waals surface area contributed by atoms with Crippen LogP contribution in [-0.4, -0.2) is 65.1 Å². The number of amides is 1. The Balaban J connectivity index is 1.80. The Labute approximate surface area is 152 Å². The summed E-state index contributed by atoms with van der Waals surface area (Å²) in [4.78, 5) is 24.8. The first-order valence-corrected chi connectivity index (χ1v) is 8.92. The van der Waals surface area contributed by atoms with Crippen molar-refractivity contribution in [2.24, 2.45) is 5.92 Å². The number of rotatable bonds is 6. The van der Waals surface area contributed by atoms with Gasteiger partial charge in [-0.05, 0) is 38.7 Å². The van der Waals surface area contributed by atoms with Gasteiger partial charge in [-0.15, -0.1) is 0 Å². The average molecular weight is 366 g/mol.